The van der Waals surface area contributed by atoms with E-state index in [-0.39, 0.29) is 22.2 Å². The van der Waals surface area contributed by atoms with Gasteiger partial charge in [-0.05, 0) is 53.3 Å². The lowest BCUT2D eigenvalue weighted by molar-refractivity contribution is 0.0899. The van der Waals surface area contributed by atoms with Crippen molar-refractivity contribution >= 4 is 38.1 Å². The van der Waals surface area contributed by atoms with Crippen molar-refractivity contribution in [1.82, 2.24) is 0 Å². The third-order valence-electron chi connectivity index (χ3n) is 6.19. The molecule has 3 aromatic carbocycles. The third-order valence-corrected chi connectivity index (χ3v) is 8.36. The quantitative estimate of drug-likeness (QED) is 0.460. The SMILES string of the molecule is O=C(c1c2ccccc2cc2ccccc12)C1CC2CCCC(C1)S2=O. The van der Waals surface area contributed by atoms with Crippen LogP contribution in [0.4, 0.5) is 0 Å². The summed E-state index contributed by atoms with van der Waals surface area (Å²) >= 11 is 0. The van der Waals surface area contributed by atoms with Gasteiger partial charge < -0.3 is 0 Å². The number of rotatable bonds is 2. The van der Waals surface area contributed by atoms with E-state index in [2.05, 4.69) is 30.3 Å². The van der Waals surface area contributed by atoms with Gasteiger partial charge in [-0.3, -0.25) is 9.00 Å². The minimum absolute atomic E-state index is 0.0113. The Morgan fingerprint density at radius 1 is 0.846 bits per heavy atom. The highest BCUT2D eigenvalue weighted by Gasteiger charge is 2.41. The molecule has 0 saturated carbocycles. The molecule has 2 aliphatic rings. The monoisotopic (exact) mass is 362 g/mol. The number of fused-ring (bicyclic) bond motifs is 4. The summed E-state index contributed by atoms with van der Waals surface area (Å²) in [5, 5.41) is 4.78. The average molecular weight is 362 g/mol. The summed E-state index contributed by atoms with van der Waals surface area (Å²) in [5.74, 6) is 0.267. The van der Waals surface area contributed by atoms with E-state index in [0.29, 0.717) is 0 Å². The molecule has 0 aromatic heterocycles. The van der Waals surface area contributed by atoms with E-state index in [1.807, 2.05) is 24.3 Å². The molecule has 2 atom stereocenters. The first-order chi connectivity index (χ1) is 12.7. The molecule has 132 valence electrons. The van der Waals surface area contributed by atoms with E-state index in [4.69, 9.17) is 0 Å². The molecule has 0 spiro atoms. The van der Waals surface area contributed by atoms with Gasteiger partial charge in [0.2, 0.25) is 0 Å². The number of carbonyl (C=O) groups is 1. The highest BCUT2D eigenvalue weighted by atomic mass is 32.2. The molecule has 3 heteroatoms. The maximum atomic E-state index is 13.7. The molecule has 0 aliphatic carbocycles. The highest BCUT2D eigenvalue weighted by Crippen LogP contribution is 2.40. The fourth-order valence-corrected chi connectivity index (χ4v) is 7.12. The summed E-state index contributed by atoms with van der Waals surface area (Å²) in [6.45, 7) is 0. The summed E-state index contributed by atoms with van der Waals surface area (Å²) in [6.07, 6.45) is 4.78. The second kappa shape index (κ2) is 6.31. The predicted molar refractivity (Wildman–Crippen MR) is 108 cm³/mol. The van der Waals surface area contributed by atoms with Crippen LogP contribution < -0.4 is 0 Å². The van der Waals surface area contributed by atoms with E-state index in [0.717, 1.165) is 52.8 Å². The Balaban J connectivity index is 1.65. The Bertz CT molecular complexity index is 969. The van der Waals surface area contributed by atoms with E-state index in [9.17, 15) is 9.00 Å². The highest BCUT2D eigenvalue weighted by molar-refractivity contribution is 7.86. The minimum atomic E-state index is -0.736. The van der Waals surface area contributed by atoms with Crippen molar-refractivity contribution in [2.24, 2.45) is 5.92 Å². The van der Waals surface area contributed by atoms with Crippen LogP contribution in [0, 0.1) is 5.92 Å². The van der Waals surface area contributed by atoms with Gasteiger partial charge in [-0.15, -0.1) is 0 Å². The Morgan fingerprint density at radius 3 is 1.96 bits per heavy atom. The van der Waals surface area contributed by atoms with E-state index in [1.165, 1.54) is 6.42 Å². The van der Waals surface area contributed by atoms with Crippen molar-refractivity contribution in [3.63, 3.8) is 0 Å². The molecule has 0 amide bonds. The first kappa shape index (κ1) is 16.2. The van der Waals surface area contributed by atoms with Gasteiger partial charge in [0.05, 0.1) is 0 Å². The van der Waals surface area contributed by atoms with Crippen molar-refractivity contribution in [2.75, 3.05) is 0 Å². The van der Waals surface area contributed by atoms with Crippen LogP contribution in [0.15, 0.2) is 54.6 Å². The molecular weight excluding hydrogens is 340 g/mol. The molecule has 2 bridgehead atoms. The number of ketones is 1. The van der Waals surface area contributed by atoms with Gasteiger partial charge in [0.15, 0.2) is 5.78 Å². The Morgan fingerprint density at radius 2 is 1.38 bits per heavy atom. The molecule has 2 fully saturated rings. The molecule has 2 unspecified atom stereocenters. The lowest BCUT2D eigenvalue weighted by Crippen LogP contribution is -2.41. The Kier molecular flexibility index (Phi) is 3.93. The second-order valence-electron chi connectivity index (χ2n) is 7.73. The summed E-state index contributed by atoms with van der Waals surface area (Å²) in [5.41, 5.74) is 0.870. The lowest BCUT2D eigenvalue weighted by Gasteiger charge is -2.37. The van der Waals surface area contributed by atoms with Gasteiger partial charge >= 0.3 is 0 Å². The molecule has 0 N–H and O–H groups in total. The van der Waals surface area contributed by atoms with Crippen LogP contribution in [0.3, 0.4) is 0 Å². The molecule has 2 saturated heterocycles. The van der Waals surface area contributed by atoms with E-state index < -0.39 is 10.8 Å². The normalized spacial score (nSPS) is 28.3. The number of hydrogen-bond acceptors (Lipinski definition) is 2. The summed E-state index contributed by atoms with van der Waals surface area (Å²) in [4.78, 5) is 13.7. The van der Waals surface area contributed by atoms with Crippen molar-refractivity contribution in [2.45, 2.75) is 42.6 Å². The predicted octanol–water partition coefficient (Wildman–Crippen LogP) is 5.26. The molecule has 2 nitrogen and oxygen atoms in total. The van der Waals surface area contributed by atoms with Crippen molar-refractivity contribution in [3.8, 4) is 0 Å². The van der Waals surface area contributed by atoms with Crippen LogP contribution in [0.5, 0.6) is 0 Å². The maximum Gasteiger partial charge on any atom is 0.167 e. The number of benzene rings is 3. The summed E-state index contributed by atoms with van der Waals surface area (Å²) in [6, 6.07) is 18.6. The Hall–Kier alpha value is -2.00. The van der Waals surface area contributed by atoms with Gasteiger partial charge in [-0.25, -0.2) is 0 Å². The molecule has 0 radical (unpaired) electrons. The first-order valence-corrected chi connectivity index (χ1v) is 10.8. The third kappa shape index (κ3) is 2.52. The van der Waals surface area contributed by atoms with Gasteiger partial charge in [0.1, 0.15) is 0 Å². The standard InChI is InChI=1S/C23H22O2S/c24-23(17-13-18-8-5-9-19(14-17)26(18)25)22-20-10-3-1-6-15(20)12-16-7-2-4-11-21(16)22/h1-4,6-7,10-12,17-19H,5,8-9,13-14H2. The molecule has 2 heterocycles. The first-order valence-electron chi connectivity index (χ1n) is 9.56. The fourth-order valence-electron chi connectivity index (χ4n) is 4.93. The zero-order chi connectivity index (χ0) is 17.7. The van der Waals surface area contributed by atoms with Crippen LogP contribution in [-0.4, -0.2) is 20.5 Å². The van der Waals surface area contributed by atoms with Crippen LogP contribution in [-0.2, 0) is 10.8 Å². The van der Waals surface area contributed by atoms with Crippen molar-refractivity contribution in [1.29, 1.82) is 0 Å². The van der Waals surface area contributed by atoms with Crippen LogP contribution in [0.2, 0.25) is 0 Å². The van der Waals surface area contributed by atoms with Crippen LogP contribution in [0.25, 0.3) is 21.5 Å². The zero-order valence-corrected chi connectivity index (χ0v) is 15.5. The molecule has 3 aromatic rings. The smallest absolute Gasteiger partial charge is 0.167 e. The molecule has 2 aliphatic heterocycles. The number of Topliss-reactive ketones (excluding diaryl/α,β-unsaturated/α-hetero) is 1. The fraction of sp³-hybridized carbons (Fsp3) is 0.348. The van der Waals surface area contributed by atoms with E-state index in [1.54, 1.807) is 0 Å². The van der Waals surface area contributed by atoms with Gasteiger partial charge in [-0.2, -0.15) is 0 Å². The summed E-state index contributed by atoms with van der Waals surface area (Å²) < 4.78 is 12.5. The topological polar surface area (TPSA) is 34.1 Å². The van der Waals surface area contributed by atoms with Gasteiger partial charge in [-0.1, -0.05) is 55.0 Å². The molecule has 5 rings (SSSR count). The van der Waals surface area contributed by atoms with E-state index >= 15 is 0 Å². The van der Waals surface area contributed by atoms with Crippen LogP contribution in [0.1, 0.15) is 42.5 Å². The van der Waals surface area contributed by atoms with Crippen LogP contribution >= 0.6 is 0 Å². The number of carbonyl (C=O) groups excluding carboxylic acids is 1. The maximum absolute atomic E-state index is 13.7. The van der Waals surface area contributed by atoms with Gasteiger partial charge in [0.25, 0.3) is 0 Å². The van der Waals surface area contributed by atoms with Crippen molar-refractivity contribution in [3.05, 3.63) is 60.2 Å². The zero-order valence-electron chi connectivity index (χ0n) is 14.7. The molecule has 26 heavy (non-hydrogen) atoms. The second-order valence-corrected chi connectivity index (χ2v) is 9.72. The number of hydrogen-bond donors (Lipinski definition) is 0. The van der Waals surface area contributed by atoms with Crippen molar-refractivity contribution < 1.29 is 9.00 Å². The minimum Gasteiger partial charge on any atom is -0.294 e. The largest absolute Gasteiger partial charge is 0.294 e. The molecular formula is C23H22O2S. The average Bonchev–Trinajstić information content (AvgIpc) is 2.65. The Labute approximate surface area is 156 Å². The summed E-state index contributed by atoms with van der Waals surface area (Å²) in [7, 11) is -0.736. The lowest BCUT2D eigenvalue weighted by atomic mass is 9.82. The van der Waals surface area contributed by atoms with Gasteiger partial charge in [0, 0.05) is 32.8 Å².